The number of aromatic nitrogens is 2. The lowest BCUT2D eigenvalue weighted by Crippen LogP contribution is -2.39. The van der Waals surface area contributed by atoms with Gasteiger partial charge in [0.05, 0.1) is 6.54 Å². The van der Waals surface area contributed by atoms with Crippen LogP contribution in [0.5, 0.6) is 0 Å². The second kappa shape index (κ2) is 7.16. The fourth-order valence-electron chi connectivity index (χ4n) is 3.07. The molecule has 1 aliphatic rings. The molecule has 2 aromatic rings. The van der Waals surface area contributed by atoms with Crippen molar-refractivity contribution in [2.45, 2.75) is 38.1 Å². The fourth-order valence-corrected chi connectivity index (χ4v) is 5.51. The van der Waals surface area contributed by atoms with Crippen LogP contribution in [0.2, 0.25) is 5.15 Å². The molecule has 0 aromatic carbocycles. The van der Waals surface area contributed by atoms with Crippen molar-refractivity contribution in [3.63, 3.8) is 0 Å². The molecule has 0 bridgehead atoms. The van der Waals surface area contributed by atoms with Crippen LogP contribution in [0.1, 0.15) is 33.1 Å². The molecular formula is C15H21ClN6O2S2. The molecule has 1 N–H and O–H groups in total. The minimum atomic E-state index is -4.06. The molecule has 3 heterocycles. The van der Waals surface area contributed by atoms with Crippen LogP contribution < -0.4 is 5.32 Å². The van der Waals surface area contributed by atoms with Crippen LogP contribution in [0.15, 0.2) is 26.1 Å². The number of imidazole rings is 1. The van der Waals surface area contributed by atoms with Gasteiger partial charge in [-0.05, 0) is 12.8 Å². The van der Waals surface area contributed by atoms with Crippen molar-refractivity contribution in [1.29, 1.82) is 0 Å². The average molecular weight is 417 g/mol. The number of rotatable bonds is 5. The molecule has 0 fully saturated rings. The van der Waals surface area contributed by atoms with Crippen molar-refractivity contribution in [3.05, 3.63) is 16.7 Å². The van der Waals surface area contributed by atoms with Crippen LogP contribution in [-0.2, 0) is 10.0 Å². The Labute approximate surface area is 161 Å². The second-order valence-corrected chi connectivity index (χ2v) is 8.92. The van der Waals surface area contributed by atoms with E-state index < -0.39 is 10.0 Å². The first kappa shape index (κ1) is 19.1. The summed E-state index contributed by atoms with van der Waals surface area (Å²) in [5.41, 5.74) is -0.0645. The van der Waals surface area contributed by atoms with Crippen molar-refractivity contribution < 1.29 is 8.42 Å². The molecule has 0 saturated heterocycles. The van der Waals surface area contributed by atoms with Gasteiger partial charge in [0.25, 0.3) is 0 Å². The number of hydrogen-bond acceptors (Lipinski definition) is 5. The predicted octanol–water partition coefficient (Wildman–Crippen LogP) is 2.81. The van der Waals surface area contributed by atoms with Gasteiger partial charge in [-0.1, -0.05) is 31.9 Å². The van der Waals surface area contributed by atoms with E-state index in [0.29, 0.717) is 11.5 Å². The zero-order valence-corrected chi connectivity index (χ0v) is 17.2. The molecule has 0 spiro atoms. The molecule has 1 aliphatic heterocycles. The topological polar surface area (TPSA) is 91.4 Å². The zero-order chi connectivity index (χ0) is 18.9. The highest BCUT2D eigenvalue weighted by Crippen LogP contribution is 2.32. The van der Waals surface area contributed by atoms with Gasteiger partial charge in [-0.25, -0.2) is 9.99 Å². The number of nitrogens with zero attached hydrogens (tertiary/aromatic N) is 5. The number of hydrogen-bond donors (Lipinski definition) is 1. The lowest BCUT2D eigenvalue weighted by atomic mass is 9.82. The van der Waals surface area contributed by atoms with Crippen LogP contribution in [0, 0.1) is 5.41 Å². The highest BCUT2D eigenvalue weighted by atomic mass is 35.5. The largest absolute Gasteiger partial charge is 0.357 e. The summed E-state index contributed by atoms with van der Waals surface area (Å²) >= 11 is 7.35. The van der Waals surface area contributed by atoms with E-state index in [-0.39, 0.29) is 21.6 Å². The van der Waals surface area contributed by atoms with E-state index >= 15 is 0 Å². The summed E-state index contributed by atoms with van der Waals surface area (Å²) in [5, 5.41) is 10.3. The van der Waals surface area contributed by atoms with Crippen LogP contribution in [-0.4, -0.2) is 48.6 Å². The van der Waals surface area contributed by atoms with Gasteiger partial charge in [-0.3, -0.25) is 4.40 Å². The Hall–Kier alpha value is -1.65. The SMILES string of the molecule is CCCC1(CC)C=NN(/C(=N/S(=O)(=O)c2c(Cl)nc3sccn23)NC)C1. The first-order valence-electron chi connectivity index (χ1n) is 8.32. The van der Waals surface area contributed by atoms with Crippen molar-refractivity contribution in [1.82, 2.24) is 19.7 Å². The Morgan fingerprint density at radius 1 is 1.50 bits per heavy atom. The Bertz CT molecular complexity index is 964. The van der Waals surface area contributed by atoms with Gasteiger partial charge in [-0.15, -0.1) is 15.7 Å². The van der Waals surface area contributed by atoms with Crippen molar-refractivity contribution >= 4 is 50.1 Å². The van der Waals surface area contributed by atoms with Crippen LogP contribution in [0.4, 0.5) is 0 Å². The van der Waals surface area contributed by atoms with Crippen molar-refractivity contribution in [3.8, 4) is 0 Å². The highest BCUT2D eigenvalue weighted by molar-refractivity contribution is 7.90. The van der Waals surface area contributed by atoms with E-state index in [2.05, 4.69) is 33.6 Å². The lowest BCUT2D eigenvalue weighted by molar-refractivity contribution is 0.306. The molecule has 0 amide bonds. The number of halogens is 1. The van der Waals surface area contributed by atoms with E-state index in [1.807, 2.05) is 6.21 Å². The molecule has 1 unspecified atom stereocenters. The maximum atomic E-state index is 12.9. The summed E-state index contributed by atoms with van der Waals surface area (Å²) < 4.78 is 31.1. The lowest BCUT2D eigenvalue weighted by Gasteiger charge is -2.26. The second-order valence-electron chi connectivity index (χ2n) is 6.17. The van der Waals surface area contributed by atoms with Crippen LogP contribution in [0.3, 0.4) is 0 Å². The third-order valence-electron chi connectivity index (χ3n) is 4.49. The molecule has 0 aliphatic carbocycles. The molecule has 2 aromatic heterocycles. The molecule has 1 atom stereocenters. The summed E-state index contributed by atoms with van der Waals surface area (Å²) in [7, 11) is -2.45. The van der Waals surface area contributed by atoms with Gasteiger partial charge in [-0.2, -0.15) is 13.5 Å². The first-order chi connectivity index (χ1) is 12.4. The number of guanidine groups is 1. The summed E-state index contributed by atoms with van der Waals surface area (Å²) in [6.07, 6.45) is 6.45. The van der Waals surface area contributed by atoms with Gasteiger partial charge in [0.1, 0.15) is 0 Å². The minimum absolute atomic E-state index is 0.0645. The molecular weight excluding hydrogens is 396 g/mol. The molecule has 11 heteroatoms. The van der Waals surface area contributed by atoms with E-state index in [1.54, 1.807) is 23.6 Å². The number of thiazole rings is 1. The number of fused-ring (bicyclic) bond motifs is 1. The molecule has 3 rings (SSSR count). The average Bonchev–Trinajstić information content (AvgIpc) is 3.27. The molecule has 142 valence electrons. The molecule has 8 nitrogen and oxygen atoms in total. The van der Waals surface area contributed by atoms with Gasteiger partial charge >= 0.3 is 10.0 Å². The Morgan fingerprint density at radius 3 is 2.92 bits per heavy atom. The maximum Gasteiger partial charge on any atom is 0.304 e. The normalized spacial score (nSPS) is 21.1. The van der Waals surface area contributed by atoms with Crippen molar-refractivity contribution in [2.24, 2.45) is 14.9 Å². The molecule has 0 saturated carbocycles. The van der Waals surface area contributed by atoms with Gasteiger partial charge in [0.2, 0.25) is 11.0 Å². The standard InChI is InChI=1S/C15H21ClN6O2S2/c1-4-6-15(5-2)9-18-22(10-15)13(17-3)20-26(23,24)12-11(16)19-14-21(12)7-8-25-14/h7-9H,4-6,10H2,1-3H3,(H,17,20). The molecule has 0 radical (unpaired) electrons. The zero-order valence-electron chi connectivity index (χ0n) is 14.8. The summed E-state index contributed by atoms with van der Waals surface area (Å²) in [6.45, 7) is 4.82. The third kappa shape index (κ3) is 3.33. The third-order valence-corrected chi connectivity index (χ3v) is 6.91. The monoisotopic (exact) mass is 416 g/mol. The van der Waals surface area contributed by atoms with E-state index in [1.165, 1.54) is 15.7 Å². The quantitative estimate of drug-likeness (QED) is 0.597. The maximum absolute atomic E-state index is 12.9. The fraction of sp³-hybridized carbons (Fsp3) is 0.533. The molecule has 26 heavy (non-hydrogen) atoms. The van der Waals surface area contributed by atoms with Gasteiger partial charge in [0, 0.05) is 30.3 Å². The van der Waals surface area contributed by atoms with E-state index in [0.717, 1.165) is 19.3 Å². The smallest absolute Gasteiger partial charge is 0.304 e. The Morgan fingerprint density at radius 2 is 2.27 bits per heavy atom. The summed E-state index contributed by atoms with van der Waals surface area (Å²) in [4.78, 5) is 4.57. The summed E-state index contributed by atoms with van der Waals surface area (Å²) in [6, 6.07) is 0. The van der Waals surface area contributed by atoms with E-state index in [4.69, 9.17) is 11.6 Å². The van der Waals surface area contributed by atoms with Gasteiger partial charge in [0.15, 0.2) is 10.1 Å². The highest BCUT2D eigenvalue weighted by Gasteiger charge is 2.35. The number of hydrazone groups is 1. The van der Waals surface area contributed by atoms with Crippen LogP contribution in [0.25, 0.3) is 4.96 Å². The van der Waals surface area contributed by atoms with Crippen molar-refractivity contribution in [2.75, 3.05) is 13.6 Å². The van der Waals surface area contributed by atoms with Crippen LogP contribution >= 0.6 is 22.9 Å². The number of sulfonamides is 1. The first-order valence-corrected chi connectivity index (χ1v) is 11.0. The summed E-state index contributed by atoms with van der Waals surface area (Å²) in [5.74, 6) is 0.161. The Kier molecular flexibility index (Phi) is 5.27. The Balaban J connectivity index is 1.96. The van der Waals surface area contributed by atoms with E-state index in [9.17, 15) is 8.42 Å². The predicted molar refractivity (Wildman–Crippen MR) is 105 cm³/mol. The van der Waals surface area contributed by atoms with Gasteiger partial charge < -0.3 is 5.32 Å². The number of nitrogens with one attached hydrogen (secondary N) is 1. The minimum Gasteiger partial charge on any atom is -0.357 e.